The van der Waals surface area contributed by atoms with Gasteiger partial charge in [-0.3, -0.25) is 9.80 Å². The lowest BCUT2D eigenvalue weighted by Crippen LogP contribution is -2.42. The highest BCUT2D eigenvalue weighted by molar-refractivity contribution is 5.75. The van der Waals surface area contributed by atoms with Crippen molar-refractivity contribution < 1.29 is 4.79 Å². The Hall–Kier alpha value is -0.610. The molecule has 1 amide bonds. The molecule has 0 aliphatic carbocycles. The lowest BCUT2D eigenvalue weighted by Gasteiger charge is -2.27. The Morgan fingerprint density at radius 3 is 2.27 bits per heavy atom. The molecule has 4 heteroatoms. The van der Waals surface area contributed by atoms with Crippen LogP contribution in [0.1, 0.15) is 13.3 Å². The third-order valence-electron chi connectivity index (χ3n) is 1.43. The second-order valence-corrected chi connectivity index (χ2v) is 2.50. The lowest BCUT2D eigenvalue weighted by atomic mass is 10.4. The summed E-state index contributed by atoms with van der Waals surface area (Å²) in [7, 11) is 3.69. The Morgan fingerprint density at radius 1 is 1.45 bits per heavy atom. The summed E-state index contributed by atoms with van der Waals surface area (Å²) in [5, 5.41) is 3.44. The van der Waals surface area contributed by atoms with Gasteiger partial charge in [-0.2, -0.15) is 0 Å². The van der Waals surface area contributed by atoms with Crippen molar-refractivity contribution in [1.82, 2.24) is 10.0 Å². The minimum Gasteiger partial charge on any atom is -0.330 e. The Morgan fingerprint density at radius 2 is 2.00 bits per heavy atom. The molecule has 66 valence electrons. The van der Waals surface area contributed by atoms with Crippen LogP contribution in [-0.2, 0) is 4.79 Å². The molecule has 0 heterocycles. The molecule has 0 atom stereocenters. The van der Waals surface area contributed by atoms with Gasteiger partial charge in [-0.25, -0.2) is 5.01 Å². The number of carbonyl (C=O) groups is 1. The molecule has 4 nitrogen and oxygen atoms in total. The molecule has 0 bridgehead atoms. The molecule has 0 aromatic heterocycles. The van der Waals surface area contributed by atoms with Crippen LogP contribution in [0.5, 0.6) is 0 Å². The van der Waals surface area contributed by atoms with Crippen LogP contribution in [-0.4, -0.2) is 43.1 Å². The van der Waals surface area contributed by atoms with Crippen molar-refractivity contribution in [2.24, 2.45) is 5.73 Å². The van der Waals surface area contributed by atoms with Crippen LogP contribution in [0.3, 0.4) is 0 Å². The maximum atomic E-state index is 11.2. The van der Waals surface area contributed by atoms with E-state index in [4.69, 9.17) is 5.73 Å². The predicted octanol–water partition coefficient (Wildman–Crippen LogP) is -0.340. The van der Waals surface area contributed by atoms with Gasteiger partial charge in [0.05, 0.1) is 0 Å². The first-order valence-electron chi connectivity index (χ1n) is 3.81. The average Bonchev–Trinajstić information content (AvgIpc) is 1.88. The molecule has 0 rings (SSSR count). The van der Waals surface area contributed by atoms with Crippen LogP contribution < -0.4 is 5.73 Å². The third-order valence-corrected chi connectivity index (χ3v) is 1.43. The SMILES string of the molecule is CCN(C(=O)CCN)N(C)C. The van der Waals surface area contributed by atoms with E-state index in [1.807, 2.05) is 21.0 Å². The smallest absolute Gasteiger partial charge is 0.238 e. The van der Waals surface area contributed by atoms with E-state index in [2.05, 4.69) is 0 Å². The largest absolute Gasteiger partial charge is 0.330 e. The molecule has 0 unspecified atom stereocenters. The first kappa shape index (κ1) is 10.4. The van der Waals surface area contributed by atoms with Gasteiger partial charge >= 0.3 is 0 Å². The molecule has 0 saturated carbocycles. The summed E-state index contributed by atoms with van der Waals surface area (Å²) in [5.74, 6) is 0.0833. The van der Waals surface area contributed by atoms with Crippen LogP contribution in [0.2, 0.25) is 0 Å². The molecule has 0 aliphatic rings. The van der Waals surface area contributed by atoms with E-state index in [-0.39, 0.29) is 5.91 Å². The predicted molar refractivity (Wildman–Crippen MR) is 44.7 cm³/mol. The summed E-state index contributed by atoms with van der Waals surface area (Å²) in [6, 6.07) is 0. The van der Waals surface area contributed by atoms with E-state index in [1.54, 1.807) is 10.0 Å². The molecule has 0 aromatic carbocycles. The van der Waals surface area contributed by atoms with Crippen molar-refractivity contribution in [2.75, 3.05) is 27.2 Å². The Balaban J connectivity index is 3.92. The van der Waals surface area contributed by atoms with E-state index in [0.717, 1.165) is 0 Å². The van der Waals surface area contributed by atoms with Gasteiger partial charge < -0.3 is 5.73 Å². The van der Waals surface area contributed by atoms with Crippen molar-refractivity contribution in [2.45, 2.75) is 13.3 Å². The standard InChI is InChI=1S/C7H17N3O/c1-4-10(9(2)3)7(11)5-6-8/h4-6,8H2,1-3H3. The second kappa shape index (κ2) is 5.09. The highest BCUT2D eigenvalue weighted by Gasteiger charge is 2.11. The van der Waals surface area contributed by atoms with E-state index in [1.165, 1.54) is 0 Å². The summed E-state index contributed by atoms with van der Waals surface area (Å²) in [6.07, 6.45) is 0.423. The van der Waals surface area contributed by atoms with Crippen molar-refractivity contribution in [1.29, 1.82) is 0 Å². The first-order chi connectivity index (χ1) is 5.13. The molecule has 0 aliphatic heterocycles. The van der Waals surface area contributed by atoms with Gasteiger partial charge in [-0.15, -0.1) is 0 Å². The monoisotopic (exact) mass is 159 g/mol. The van der Waals surface area contributed by atoms with Crippen LogP contribution in [0.15, 0.2) is 0 Å². The van der Waals surface area contributed by atoms with Gasteiger partial charge in [0.15, 0.2) is 0 Å². The van der Waals surface area contributed by atoms with Gasteiger partial charge in [0.1, 0.15) is 0 Å². The molecule has 11 heavy (non-hydrogen) atoms. The second-order valence-electron chi connectivity index (χ2n) is 2.50. The molecule has 0 radical (unpaired) electrons. The Labute approximate surface area is 67.9 Å². The molecule has 0 spiro atoms. The van der Waals surface area contributed by atoms with Crippen molar-refractivity contribution >= 4 is 5.91 Å². The van der Waals surface area contributed by atoms with Crippen LogP contribution in [0, 0.1) is 0 Å². The van der Waals surface area contributed by atoms with Crippen molar-refractivity contribution in [3.63, 3.8) is 0 Å². The van der Waals surface area contributed by atoms with Gasteiger partial charge in [0.25, 0.3) is 0 Å². The molecule has 0 saturated heterocycles. The molecule has 0 aromatic rings. The quantitative estimate of drug-likeness (QED) is 0.571. The lowest BCUT2D eigenvalue weighted by molar-refractivity contribution is -0.143. The van der Waals surface area contributed by atoms with E-state index in [0.29, 0.717) is 19.5 Å². The van der Waals surface area contributed by atoms with Crippen LogP contribution in [0.25, 0.3) is 0 Å². The number of amides is 1. The molecular formula is C7H17N3O. The number of nitrogens with two attached hydrogens (primary N) is 1. The molecular weight excluding hydrogens is 142 g/mol. The minimum atomic E-state index is 0.0833. The third kappa shape index (κ3) is 3.34. The van der Waals surface area contributed by atoms with Gasteiger partial charge in [0.2, 0.25) is 5.91 Å². The fraction of sp³-hybridized carbons (Fsp3) is 0.857. The zero-order valence-corrected chi connectivity index (χ0v) is 7.50. The first-order valence-corrected chi connectivity index (χ1v) is 3.81. The summed E-state index contributed by atoms with van der Waals surface area (Å²) >= 11 is 0. The minimum absolute atomic E-state index is 0.0833. The van der Waals surface area contributed by atoms with E-state index in [9.17, 15) is 4.79 Å². The average molecular weight is 159 g/mol. The number of nitrogens with zero attached hydrogens (tertiary/aromatic N) is 2. The maximum Gasteiger partial charge on any atom is 0.238 e. The number of hydrogen-bond acceptors (Lipinski definition) is 3. The number of carbonyl (C=O) groups excluding carboxylic acids is 1. The summed E-state index contributed by atoms with van der Waals surface area (Å²) in [6.45, 7) is 3.06. The Kier molecular flexibility index (Phi) is 4.81. The number of hydrogen-bond donors (Lipinski definition) is 1. The fourth-order valence-electron chi connectivity index (χ4n) is 0.935. The summed E-state index contributed by atoms with van der Waals surface area (Å²) in [4.78, 5) is 11.2. The highest BCUT2D eigenvalue weighted by Crippen LogP contribution is 1.94. The number of hydrazine groups is 1. The molecule has 0 fully saturated rings. The topological polar surface area (TPSA) is 49.6 Å². The van der Waals surface area contributed by atoms with Crippen LogP contribution >= 0.6 is 0 Å². The fourth-order valence-corrected chi connectivity index (χ4v) is 0.935. The van der Waals surface area contributed by atoms with Crippen LogP contribution in [0.4, 0.5) is 0 Å². The maximum absolute atomic E-state index is 11.2. The summed E-state index contributed by atoms with van der Waals surface area (Å²) < 4.78 is 0. The van der Waals surface area contributed by atoms with E-state index < -0.39 is 0 Å². The normalized spacial score (nSPS) is 10.3. The van der Waals surface area contributed by atoms with Crippen molar-refractivity contribution in [3.05, 3.63) is 0 Å². The van der Waals surface area contributed by atoms with Gasteiger partial charge in [0, 0.05) is 33.6 Å². The Bertz CT molecular complexity index is 125. The highest BCUT2D eigenvalue weighted by atomic mass is 16.2. The molecule has 2 N–H and O–H groups in total. The van der Waals surface area contributed by atoms with Gasteiger partial charge in [-0.05, 0) is 6.92 Å². The van der Waals surface area contributed by atoms with E-state index >= 15 is 0 Å². The van der Waals surface area contributed by atoms with Gasteiger partial charge in [-0.1, -0.05) is 0 Å². The zero-order valence-electron chi connectivity index (χ0n) is 7.50. The summed E-state index contributed by atoms with van der Waals surface area (Å²) in [5.41, 5.74) is 5.26. The number of rotatable bonds is 4. The van der Waals surface area contributed by atoms with Crippen molar-refractivity contribution in [3.8, 4) is 0 Å². The zero-order chi connectivity index (χ0) is 8.85.